The average molecular weight is 336 g/mol. The van der Waals surface area contributed by atoms with Crippen LogP contribution in [0.1, 0.15) is 42.0 Å². The number of ketones is 1. The molecule has 6 heteroatoms. The molecule has 0 aliphatic rings. The Morgan fingerprint density at radius 3 is 2.52 bits per heavy atom. The van der Waals surface area contributed by atoms with Gasteiger partial charge in [0.1, 0.15) is 0 Å². The normalized spacial score (nSPS) is 13.3. The number of rotatable bonds is 7. The molecule has 0 bridgehead atoms. The number of halogens is 1. The molecule has 0 aliphatic heterocycles. The molecule has 1 amide bonds. The highest BCUT2D eigenvalue weighted by Gasteiger charge is 2.18. The van der Waals surface area contributed by atoms with Crippen LogP contribution in [-0.4, -0.2) is 22.8 Å². The number of furan rings is 1. The molecule has 0 fully saturated rings. The van der Waals surface area contributed by atoms with E-state index in [2.05, 4.69) is 5.32 Å². The fourth-order valence-electron chi connectivity index (χ4n) is 2.18. The lowest BCUT2D eigenvalue weighted by Crippen LogP contribution is -2.35. The molecule has 1 aromatic carbocycles. The standard InChI is InChI=1S/C17H18ClNO4/c1-11(9-15(21)16-3-2-8-23-16)19-17(22)10-14(20)12-4-6-13(18)7-5-12/h2-8,11,14,20H,9-10H2,1H3,(H,19,22). The van der Waals surface area contributed by atoms with Crippen LogP contribution in [-0.2, 0) is 4.79 Å². The highest BCUT2D eigenvalue weighted by molar-refractivity contribution is 6.30. The zero-order valence-corrected chi connectivity index (χ0v) is 13.4. The summed E-state index contributed by atoms with van der Waals surface area (Å²) >= 11 is 5.78. The second kappa shape index (κ2) is 7.94. The molecule has 1 heterocycles. The summed E-state index contributed by atoms with van der Waals surface area (Å²) < 4.78 is 5.02. The van der Waals surface area contributed by atoms with Crippen LogP contribution in [0.25, 0.3) is 0 Å². The van der Waals surface area contributed by atoms with Gasteiger partial charge in [0.25, 0.3) is 0 Å². The molecular formula is C17H18ClNO4. The van der Waals surface area contributed by atoms with Gasteiger partial charge in [0.15, 0.2) is 11.5 Å². The predicted octanol–water partition coefficient (Wildman–Crippen LogP) is 3.13. The first-order valence-corrected chi connectivity index (χ1v) is 7.63. The number of aliphatic hydroxyl groups is 1. The number of amides is 1. The number of nitrogens with one attached hydrogen (secondary N) is 1. The maximum absolute atomic E-state index is 11.9. The van der Waals surface area contributed by atoms with Crippen molar-refractivity contribution in [3.8, 4) is 0 Å². The Balaban J connectivity index is 1.81. The van der Waals surface area contributed by atoms with Crippen molar-refractivity contribution in [3.05, 3.63) is 59.0 Å². The Morgan fingerprint density at radius 2 is 1.91 bits per heavy atom. The lowest BCUT2D eigenvalue weighted by atomic mass is 10.1. The number of hydrogen-bond donors (Lipinski definition) is 2. The van der Waals surface area contributed by atoms with Crippen molar-refractivity contribution < 1.29 is 19.1 Å². The molecule has 0 saturated carbocycles. The van der Waals surface area contributed by atoms with Gasteiger partial charge in [-0.1, -0.05) is 23.7 Å². The smallest absolute Gasteiger partial charge is 0.223 e. The third-order valence-electron chi connectivity index (χ3n) is 3.33. The molecule has 0 saturated heterocycles. The molecule has 0 aliphatic carbocycles. The van der Waals surface area contributed by atoms with Crippen molar-refractivity contribution in [2.24, 2.45) is 0 Å². The van der Waals surface area contributed by atoms with Crippen LogP contribution < -0.4 is 5.32 Å². The average Bonchev–Trinajstić information content (AvgIpc) is 3.01. The van der Waals surface area contributed by atoms with E-state index in [0.717, 1.165) is 0 Å². The maximum Gasteiger partial charge on any atom is 0.223 e. The number of Topliss-reactive ketones (excluding diaryl/α,β-unsaturated/α-hetero) is 1. The number of carbonyl (C=O) groups is 2. The minimum atomic E-state index is -0.916. The van der Waals surface area contributed by atoms with Crippen LogP contribution in [0.4, 0.5) is 0 Å². The van der Waals surface area contributed by atoms with E-state index in [0.29, 0.717) is 10.6 Å². The lowest BCUT2D eigenvalue weighted by Gasteiger charge is -2.15. The maximum atomic E-state index is 11.9. The zero-order chi connectivity index (χ0) is 16.8. The van der Waals surface area contributed by atoms with Gasteiger partial charge in [-0.05, 0) is 36.8 Å². The van der Waals surface area contributed by atoms with E-state index in [1.807, 2.05) is 0 Å². The quantitative estimate of drug-likeness (QED) is 0.762. The molecule has 122 valence electrons. The van der Waals surface area contributed by atoms with Gasteiger partial charge in [0, 0.05) is 17.5 Å². The molecule has 0 spiro atoms. The topological polar surface area (TPSA) is 79.5 Å². The highest BCUT2D eigenvalue weighted by Crippen LogP contribution is 2.19. The minimum absolute atomic E-state index is 0.0824. The Kier molecular flexibility index (Phi) is 5.96. The van der Waals surface area contributed by atoms with E-state index in [4.69, 9.17) is 16.0 Å². The first kappa shape index (κ1) is 17.2. The highest BCUT2D eigenvalue weighted by atomic mass is 35.5. The number of carbonyl (C=O) groups excluding carboxylic acids is 2. The summed E-state index contributed by atoms with van der Waals surface area (Å²) in [4.78, 5) is 23.8. The Morgan fingerprint density at radius 1 is 1.22 bits per heavy atom. The SMILES string of the molecule is CC(CC(=O)c1ccco1)NC(=O)CC(O)c1ccc(Cl)cc1. The van der Waals surface area contributed by atoms with Crippen LogP contribution in [0.3, 0.4) is 0 Å². The zero-order valence-electron chi connectivity index (χ0n) is 12.7. The molecule has 1 aromatic heterocycles. The monoisotopic (exact) mass is 335 g/mol. The lowest BCUT2D eigenvalue weighted by molar-refractivity contribution is -0.123. The Labute approximate surface area is 139 Å². The minimum Gasteiger partial charge on any atom is -0.461 e. The van der Waals surface area contributed by atoms with Gasteiger partial charge in [0.05, 0.1) is 18.8 Å². The Bertz CT molecular complexity index is 652. The molecule has 2 rings (SSSR count). The first-order chi connectivity index (χ1) is 11.0. The molecular weight excluding hydrogens is 318 g/mol. The van der Waals surface area contributed by atoms with E-state index in [9.17, 15) is 14.7 Å². The summed E-state index contributed by atoms with van der Waals surface area (Å²) in [5, 5.41) is 13.3. The predicted molar refractivity (Wildman–Crippen MR) is 86.3 cm³/mol. The van der Waals surface area contributed by atoms with Gasteiger partial charge in [0.2, 0.25) is 5.91 Å². The van der Waals surface area contributed by atoms with Gasteiger partial charge < -0.3 is 14.8 Å². The van der Waals surface area contributed by atoms with E-state index in [1.54, 1.807) is 43.3 Å². The van der Waals surface area contributed by atoms with Crippen molar-refractivity contribution >= 4 is 23.3 Å². The second-order valence-electron chi connectivity index (χ2n) is 5.34. The van der Waals surface area contributed by atoms with E-state index >= 15 is 0 Å². The van der Waals surface area contributed by atoms with Gasteiger partial charge in [-0.15, -0.1) is 0 Å². The van der Waals surface area contributed by atoms with Crippen LogP contribution in [0.5, 0.6) is 0 Å². The van der Waals surface area contributed by atoms with Crippen molar-refractivity contribution in [1.29, 1.82) is 0 Å². The third-order valence-corrected chi connectivity index (χ3v) is 3.58. The van der Waals surface area contributed by atoms with Crippen LogP contribution in [0, 0.1) is 0 Å². The summed E-state index contributed by atoms with van der Waals surface area (Å²) in [5.41, 5.74) is 0.615. The van der Waals surface area contributed by atoms with Crippen LogP contribution in [0.15, 0.2) is 47.1 Å². The summed E-state index contributed by atoms with van der Waals surface area (Å²) in [6.07, 6.45) is 0.566. The Hall–Kier alpha value is -2.11. The number of hydrogen-bond acceptors (Lipinski definition) is 4. The first-order valence-electron chi connectivity index (χ1n) is 7.25. The van der Waals surface area contributed by atoms with E-state index in [1.165, 1.54) is 6.26 Å². The molecule has 23 heavy (non-hydrogen) atoms. The van der Waals surface area contributed by atoms with Crippen molar-refractivity contribution in [3.63, 3.8) is 0 Å². The van der Waals surface area contributed by atoms with Crippen molar-refractivity contribution in [2.75, 3.05) is 0 Å². The van der Waals surface area contributed by atoms with E-state index in [-0.39, 0.29) is 36.3 Å². The van der Waals surface area contributed by atoms with Gasteiger partial charge in [-0.3, -0.25) is 9.59 Å². The molecule has 2 unspecified atom stereocenters. The van der Waals surface area contributed by atoms with Gasteiger partial charge in [-0.2, -0.15) is 0 Å². The van der Waals surface area contributed by atoms with Gasteiger partial charge in [-0.25, -0.2) is 0 Å². The number of aliphatic hydroxyl groups excluding tert-OH is 1. The second-order valence-corrected chi connectivity index (χ2v) is 5.78. The number of benzene rings is 1. The largest absolute Gasteiger partial charge is 0.461 e. The van der Waals surface area contributed by atoms with Crippen LogP contribution in [0.2, 0.25) is 5.02 Å². The fraction of sp³-hybridized carbons (Fsp3) is 0.294. The van der Waals surface area contributed by atoms with Crippen molar-refractivity contribution in [1.82, 2.24) is 5.32 Å². The molecule has 0 radical (unpaired) electrons. The summed E-state index contributed by atoms with van der Waals surface area (Å²) in [6.45, 7) is 1.73. The van der Waals surface area contributed by atoms with E-state index < -0.39 is 6.10 Å². The molecule has 5 nitrogen and oxygen atoms in total. The molecule has 2 N–H and O–H groups in total. The molecule has 2 atom stereocenters. The fourth-order valence-corrected chi connectivity index (χ4v) is 2.31. The summed E-state index contributed by atoms with van der Waals surface area (Å²) in [6, 6.07) is 9.53. The van der Waals surface area contributed by atoms with Gasteiger partial charge >= 0.3 is 0 Å². The molecule has 2 aromatic rings. The van der Waals surface area contributed by atoms with Crippen LogP contribution >= 0.6 is 11.6 Å². The third kappa shape index (κ3) is 5.23. The summed E-state index contributed by atoms with van der Waals surface area (Å²) in [7, 11) is 0. The van der Waals surface area contributed by atoms with Crippen molar-refractivity contribution in [2.45, 2.75) is 31.9 Å². The summed E-state index contributed by atoms with van der Waals surface area (Å²) in [5.74, 6) is -0.236.